The summed E-state index contributed by atoms with van der Waals surface area (Å²) in [6.07, 6.45) is 6.01. The van der Waals surface area contributed by atoms with E-state index in [4.69, 9.17) is 0 Å². The third-order valence-electron chi connectivity index (χ3n) is 4.17. The molecular formula is C13H26N2. The number of fused-ring (bicyclic) bond motifs is 1. The summed E-state index contributed by atoms with van der Waals surface area (Å²) in [6.45, 7) is 4.72. The van der Waals surface area contributed by atoms with Crippen molar-refractivity contribution in [3.05, 3.63) is 0 Å². The maximum atomic E-state index is 3.69. The summed E-state index contributed by atoms with van der Waals surface area (Å²) in [4.78, 5) is 2.26. The fraction of sp³-hybridized carbons (Fsp3) is 1.00. The molecule has 2 heteroatoms. The molecule has 0 aliphatic heterocycles. The second-order valence-electron chi connectivity index (χ2n) is 5.85. The normalized spacial score (nSPS) is 36.4. The molecule has 2 rings (SSSR count). The quantitative estimate of drug-likeness (QED) is 0.746. The molecule has 2 aliphatic rings. The highest BCUT2D eigenvalue weighted by atomic mass is 15.1. The molecule has 0 spiro atoms. The van der Waals surface area contributed by atoms with Crippen LogP contribution in [0, 0.1) is 17.8 Å². The van der Waals surface area contributed by atoms with Gasteiger partial charge in [-0.1, -0.05) is 12.8 Å². The predicted molar refractivity (Wildman–Crippen MR) is 65.0 cm³/mol. The minimum atomic E-state index is 0.641. The van der Waals surface area contributed by atoms with Crippen molar-refractivity contribution < 1.29 is 0 Å². The molecule has 0 aromatic rings. The highest BCUT2D eigenvalue weighted by Gasteiger charge is 2.49. The van der Waals surface area contributed by atoms with Gasteiger partial charge in [0, 0.05) is 12.6 Å². The maximum absolute atomic E-state index is 3.69. The Morgan fingerprint density at radius 1 is 1.20 bits per heavy atom. The van der Waals surface area contributed by atoms with Crippen molar-refractivity contribution >= 4 is 0 Å². The molecule has 2 fully saturated rings. The number of nitrogens with zero attached hydrogens (tertiary/aromatic N) is 1. The molecule has 88 valence electrons. The summed E-state index contributed by atoms with van der Waals surface area (Å²) in [5.41, 5.74) is 0. The Bertz CT molecular complexity index is 191. The van der Waals surface area contributed by atoms with Gasteiger partial charge in [0.25, 0.3) is 0 Å². The first-order valence-electron chi connectivity index (χ1n) is 6.56. The molecule has 0 saturated heterocycles. The summed E-state index contributed by atoms with van der Waals surface area (Å²) < 4.78 is 0. The molecule has 2 nitrogen and oxygen atoms in total. The van der Waals surface area contributed by atoms with Crippen molar-refractivity contribution in [2.24, 2.45) is 17.8 Å². The number of hydrogen-bond acceptors (Lipinski definition) is 2. The van der Waals surface area contributed by atoms with Gasteiger partial charge in [-0.3, -0.25) is 0 Å². The van der Waals surface area contributed by atoms with Crippen LogP contribution in [0.3, 0.4) is 0 Å². The SMILES string of the molecule is CC(CN(C)C)NCC1C2CCCCC21. The number of hydrogen-bond donors (Lipinski definition) is 1. The molecule has 3 atom stereocenters. The second-order valence-corrected chi connectivity index (χ2v) is 5.85. The van der Waals surface area contributed by atoms with Gasteiger partial charge in [0.2, 0.25) is 0 Å². The van der Waals surface area contributed by atoms with Gasteiger partial charge in [-0.25, -0.2) is 0 Å². The standard InChI is InChI=1S/C13H26N2/c1-10(9-15(2)3)14-8-13-11-6-4-5-7-12(11)13/h10-14H,4-9H2,1-3H3. The fourth-order valence-electron chi connectivity index (χ4n) is 3.39. The summed E-state index contributed by atoms with van der Waals surface area (Å²) in [7, 11) is 4.30. The Labute approximate surface area is 94.4 Å². The first-order valence-corrected chi connectivity index (χ1v) is 6.56. The highest BCUT2D eigenvalue weighted by Crippen LogP contribution is 2.54. The van der Waals surface area contributed by atoms with Crippen LogP contribution in [0.2, 0.25) is 0 Å². The molecule has 3 unspecified atom stereocenters. The van der Waals surface area contributed by atoms with Gasteiger partial charge in [-0.15, -0.1) is 0 Å². The van der Waals surface area contributed by atoms with Crippen LogP contribution in [0.1, 0.15) is 32.6 Å². The van der Waals surface area contributed by atoms with E-state index in [0.717, 1.165) is 24.3 Å². The lowest BCUT2D eigenvalue weighted by Crippen LogP contribution is -2.37. The second kappa shape index (κ2) is 4.84. The third kappa shape index (κ3) is 2.94. The Morgan fingerprint density at radius 2 is 1.80 bits per heavy atom. The van der Waals surface area contributed by atoms with Gasteiger partial charge >= 0.3 is 0 Å². The van der Waals surface area contributed by atoms with E-state index in [0.29, 0.717) is 6.04 Å². The molecule has 15 heavy (non-hydrogen) atoms. The summed E-state index contributed by atoms with van der Waals surface area (Å²) in [5.74, 6) is 3.22. The third-order valence-corrected chi connectivity index (χ3v) is 4.17. The molecule has 2 aliphatic carbocycles. The van der Waals surface area contributed by atoms with Gasteiger partial charge in [0.05, 0.1) is 0 Å². The van der Waals surface area contributed by atoms with Crippen LogP contribution >= 0.6 is 0 Å². The number of nitrogens with one attached hydrogen (secondary N) is 1. The van der Waals surface area contributed by atoms with Crippen LogP contribution in [0.25, 0.3) is 0 Å². The molecule has 0 bridgehead atoms. The van der Waals surface area contributed by atoms with Crippen molar-refractivity contribution in [1.82, 2.24) is 10.2 Å². The summed E-state index contributed by atoms with van der Waals surface area (Å²) in [5, 5.41) is 3.69. The topological polar surface area (TPSA) is 15.3 Å². The average Bonchev–Trinajstić information content (AvgIpc) is 2.87. The average molecular weight is 210 g/mol. The van der Waals surface area contributed by atoms with Crippen LogP contribution in [0.15, 0.2) is 0 Å². The summed E-state index contributed by atoms with van der Waals surface area (Å²) >= 11 is 0. The zero-order valence-electron chi connectivity index (χ0n) is 10.5. The van der Waals surface area contributed by atoms with E-state index in [1.54, 1.807) is 0 Å². The van der Waals surface area contributed by atoms with E-state index in [1.165, 1.54) is 32.2 Å². The van der Waals surface area contributed by atoms with Crippen molar-refractivity contribution in [2.75, 3.05) is 27.2 Å². The van der Waals surface area contributed by atoms with Gasteiger partial charge in [-0.2, -0.15) is 0 Å². The molecule has 2 saturated carbocycles. The molecular weight excluding hydrogens is 184 g/mol. The fourth-order valence-corrected chi connectivity index (χ4v) is 3.39. The van der Waals surface area contributed by atoms with E-state index in [-0.39, 0.29) is 0 Å². The zero-order chi connectivity index (χ0) is 10.8. The number of rotatable bonds is 5. The molecule has 0 amide bonds. The lowest BCUT2D eigenvalue weighted by Gasteiger charge is -2.18. The van der Waals surface area contributed by atoms with Gasteiger partial charge in [0.15, 0.2) is 0 Å². The monoisotopic (exact) mass is 210 g/mol. The minimum absolute atomic E-state index is 0.641. The molecule has 1 N–H and O–H groups in total. The van der Waals surface area contributed by atoms with Crippen LogP contribution < -0.4 is 5.32 Å². The van der Waals surface area contributed by atoms with E-state index >= 15 is 0 Å². The Kier molecular flexibility index (Phi) is 3.68. The first-order chi connectivity index (χ1) is 7.18. The van der Waals surface area contributed by atoms with Crippen molar-refractivity contribution in [3.63, 3.8) is 0 Å². The Morgan fingerprint density at radius 3 is 2.33 bits per heavy atom. The lowest BCUT2D eigenvalue weighted by atomic mass is 10.0. The highest BCUT2D eigenvalue weighted by molar-refractivity contribution is 5.00. The maximum Gasteiger partial charge on any atom is 0.0166 e. The van der Waals surface area contributed by atoms with Crippen LogP contribution in [-0.4, -0.2) is 38.1 Å². The molecule has 0 radical (unpaired) electrons. The Hall–Kier alpha value is -0.0800. The van der Waals surface area contributed by atoms with Crippen LogP contribution in [0.5, 0.6) is 0 Å². The molecule has 0 heterocycles. The van der Waals surface area contributed by atoms with Gasteiger partial charge in [0.1, 0.15) is 0 Å². The van der Waals surface area contributed by atoms with Crippen molar-refractivity contribution in [2.45, 2.75) is 38.6 Å². The van der Waals surface area contributed by atoms with E-state index in [2.05, 4.69) is 31.2 Å². The van der Waals surface area contributed by atoms with E-state index in [1.807, 2.05) is 0 Å². The van der Waals surface area contributed by atoms with Crippen LogP contribution in [0.4, 0.5) is 0 Å². The minimum Gasteiger partial charge on any atom is -0.313 e. The lowest BCUT2D eigenvalue weighted by molar-refractivity contribution is 0.345. The number of likely N-dealkylation sites (N-methyl/N-ethyl adjacent to an activating group) is 1. The summed E-state index contributed by atoms with van der Waals surface area (Å²) in [6, 6.07) is 0.641. The molecule has 0 aromatic carbocycles. The van der Waals surface area contributed by atoms with E-state index < -0.39 is 0 Å². The smallest absolute Gasteiger partial charge is 0.0166 e. The van der Waals surface area contributed by atoms with E-state index in [9.17, 15) is 0 Å². The van der Waals surface area contributed by atoms with Crippen molar-refractivity contribution in [3.8, 4) is 0 Å². The van der Waals surface area contributed by atoms with Gasteiger partial charge < -0.3 is 10.2 Å². The zero-order valence-corrected chi connectivity index (χ0v) is 10.5. The van der Waals surface area contributed by atoms with Crippen molar-refractivity contribution in [1.29, 1.82) is 0 Å². The predicted octanol–water partition coefficient (Wildman–Crippen LogP) is 1.96. The van der Waals surface area contributed by atoms with Crippen LogP contribution in [-0.2, 0) is 0 Å². The first kappa shape index (κ1) is 11.4. The molecule has 0 aromatic heterocycles. The Balaban J connectivity index is 1.62. The largest absolute Gasteiger partial charge is 0.313 e. The van der Waals surface area contributed by atoms with Gasteiger partial charge in [-0.05, 0) is 58.2 Å².